The van der Waals surface area contributed by atoms with Crippen LogP contribution < -0.4 is 5.56 Å². The van der Waals surface area contributed by atoms with Crippen LogP contribution in [0, 0.1) is 0 Å². The molecule has 2 rings (SSSR count). The number of aromatic carboxylic acids is 1. The van der Waals surface area contributed by atoms with E-state index in [2.05, 4.69) is 9.97 Å². The van der Waals surface area contributed by atoms with Crippen LogP contribution in [0.3, 0.4) is 0 Å². The number of carboxylic acids is 1. The summed E-state index contributed by atoms with van der Waals surface area (Å²) in [6.07, 6.45) is 2.03. The van der Waals surface area contributed by atoms with Gasteiger partial charge in [-0.2, -0.15) is 0 Å². The maximum absolute atomic E-state index is 11.6. The van der Waals surface area contributed by atoms with Crippen LogP contribution >= 0.6 is 0 Å². The van der Waals surface area contributed by atoms with Gasteiger partial charge < -0.3 is 10.1 Å². The topological polar surface area (TPSA) is 83.0 Å². The van der Waals surface area contributed by atoms with Crippen molar-refractivity contribution in [2.24, 2.45) is 0 Å². The van der Waals surface area contributed by atoms with Gasteiger partial charge in [0.15, 0.2) is 0 Å². The predicted molar refractivity (Wildman–Crippen MR) is 58.7 cm³/mol. The summed E-state index contributed by atoms with van der Waals surface area (Å²) in [6.45, 7) is 1.81. The number of hydrogen-bond acceptors (Lipinski definition) is 3. The Bertz CT molecular complexity index is 616. The molecule has 2 aromatic heterocycles. The van der Waals surface area contributed by atoms with Gasteiger partial charge in [-0.15, -0.1) is 0 Å². The third-order valence-electron chi connectivity index (χ3n) is 2.46. The second kappa shape index (κ2) is 3.77. The van der Waals surface area contributed by atoms with Gasteiger partial charge in [-0.1, -0.05) is 6.92 Å². The normalized spacial score (nSPS) is 10.6. The SMILES string of the molecule is CCc1c(C(=O)O)c(=O)[nH]c2ncccc12. The maximum atomic E-state index is 11.6. The molecule has 0 aromatic carbocycles. The van der Waals surface area contributed by atoms with Crippen molar-refractivity contribution in [3.05, 3.63) is 39.8 Å². The van der Waals surface area contributed by atoms with Crippen molar-refractivity contribution in [3.8, 4) is 0 Å². The number of nitrogens with one attached hydrogen (secondary N) is 1. The lowest BCUT2D eigenvalue weighted by molar-refractivity contribution is 0.0694. The van der Waals surface area contributed by atoms with Gasteiger partial charge in [0.25, 0.3) is 5.56 Å². The van der Waals surface area contributed by atoms with Crippen molar-refractivity contribution in [2.45, 2.75) is 13.3 Å². The van der Waals surface area contributed by atoms with Gasteiger partial charge in [-0.3, -0.25) is 4.79 Å². The minimum Gasteiger partial charge on any atom is -0.477 e. The Labute approximate surface area is 90.8 Å². The molecule has 82 valence electrons. The van der Waals surface area contributed by atoms with Gasteiger partial charge in [0.2, 0.25) is 0 Å². The number of aromatic nitrogens is 2. The molecule has 0 aliphatic rings. The fourth-order valence-electron chi connectivity index (χ4n) is 1.78. The first-order chi connectivity index (χ1) is 7.65. The molecule has 5 nitrogen and oxygen atoms in total. The lowest BCUT2D eigenvalue weighted by Gasteiger charge is -2.06. The Morgan fingerprint density at radius 3 is 2.94 bits per heavy atom. The largest absolute Gasteiger partial charge is 0.477 e. The monoisotopic (exact) mass is 218 g/mol. The second-order valence-electron chi connectivity index (χ2n) is 3.37. The zero-order valence-electron chi connectivity index (χ0n) is 8.65. The Kier molecular flexibility index (Phi) is 2.44. The molecular weight excluding hydrogens is 208 g/mol. The van der Waals surface area contributed by atoms with Crippen LogP contribution in [-0.4, -0.2) is 21.0 Å². The summed E-state index contributed by atoms with van der Waals surface area (Å²) in [4.78, 5) is 29.1. The number of aromatic amines is 1. The Hall–Kier alpha value is -2.17. The smallest absolute Gasteiger partial charge is 0.341 e. The predicted octanol–water partition coefficient (Wildman–Crippen LogP) is 1.18. The molecule has 0 saturated carbocycles. The van der Waals surface area contributed by atoms with Crippen LogP contribution in [-0.2, 0) is 6.42 Å². The summed E-state index contributed by atoms with van der Waals surface area (Å²) in [5, 5.41) is 9.68. The first-order valence-electron chi connectivity index (χ1n) is 4.88. The molecule has 0 unspecified atom stereocenters. The molecule has 0 saturated heterocycles. The summed E-state index contributed by atoms with van der Waals surface area (Å²) in [7, 11) is 0. The van der Waals surface area contributed by atoms with Gasteiger partial charge in [0.05, 0.1) is 0 Å². The first kappa shape index (κ1) is 10.4. The molecule has 16 heavy (non-hydrogen) atoms. The van der Waals surface area contributed by atoms with E-state index in [4.69, 9.17) is 5.11 Å². The van der Waals surface area contributed by atoms with E-state index in [9.17, 15) is 9.59 Å². The first-order valence-corrected chi connectivity index (χ1v) is 4.88. The maximum Gasteiger partial charge on any atom is 0.341 e. The highest BCUT2D eigenvalue weighted by Crippen LogP contribution is 2.16. The van der Waals surface area contributed by atoms with Crippen LogP contribution in [0.5, 0.6) is 0 Å². The van der Waals surface area contributed by atoms with Crippen LogP contribution in [0.25, 0.3) is 11.0 Å². The van der Waals surface area contributed by atoms with E-state index >= 15 is 0 Å². The van der Waals surface area contributed by atoms with Gasteiger partial charge >= 0.3 is 5.97 Å². The molecule has 0 spiro atoms. The Morgan fingerprint density at radius 2 is 2.31 bits per heavy atom. The molecule has 0 amide bonds. The molecule has 0 atom stereocenters. The fraction of sp³-hybridized carbons (Fsp3) is 0.182. The van der Waals surface area contributed by atoms with Crippen LogP contribution in [0.4, 0.5) is 0 Å². The molecule has 0 bridgehead atoms. The average molecular weight is 218 g/mol. The molecule has 0 fully saturated rings. The molecule has 2 N–H and O–H groups in total. The Balaban J connectivity index is 2.96. The van der Waals surface area contributed by atoms with Gasteiger partial charge in [-0.05, 0) is 24.1 Å². The zero-order valence-corrected chi connectivity index (χ0v) is 8.65. The number of aryl methyl sites for hydroxylation is 1. The van der Waals surface area contributed by atoms with Crippen molar-refractivity contribution in [3.63, 3.8) is 0 Å². The number of pyridine rings is 2. The lowest BCUT2D eigenvalue weighted by Crippen LogP contribution is -2.21. The van der Waals surface area contributed by atoms with Gasteiger partial charge in [-0.25, -0.2) is 9.78 Å². The number of fused-ring (bicyclic) bond motifs is 1. The van der Waals surface area contributed by atoms with Gasteiger partial charge in [0, 0.05) is 11.6 Å². The number of carbonyl (C=O) groups is 1. The van der Waals surface area contributed by atoms with Crippen molar-refractivity contribution in [1.82, 2.24) is 9.97 Å². The second-order valence-corrected chi connectivity index (χ2v) is 3.37. The van der Waals surface area contributed by atoms with E-state index in [1.807, 2.05) is 6.92 Å². The number of H-pyrrole nitrogens is 1. The summed E-state index contributed by atoms with van der Waals surface area (Å²) in [5.41, 5.74) is 0.159. The standard InChI is InChI=1S/C11H10N2O3/c1-2-6-7-4-3-5-12-9(7)13-10(14)8(6)11(15)16/h3-5H,2H2,1H3,(H,15,16)(H,12,13,14). The number of hydrogen-bond donors (Lipinski definition) is 2. The molecular formula is C11H10N2O3. The zero-order chi connectivity index (χ0) is 11.7. The van der Waals surface area contributed by atoms with Crippen LogP contribution in [0.1, 0.15) is 22.8 Å². The highest BCUT2D eigenvalue weighted by Gasteiger charge is 2.17. The third kappa shape index (κ3) is 1.46. The Morgan fingerprint density at radius 1 is 1.56 bits per heavy atom. The van der Waals surface area contributed by atoms with Crippen molar-refractivity contribution in [1.29, 1.82) is 0 Å². The van der Waals surface area contributed by atoms with Crippen LogP contribution in [0.2, 0.25) is 0 Å². The quantitative estimate of drug-likeness (QED) is 0.792. The van der Waals surface area contributed by atoms with E-state index in [1.54, 1.807) is 18.3 Å². The molecule has 5 heteroatoms. The van der Waals surface area contributed by atoms with Crippen LogP contribution in [0.15, 0.2) is 23.1 Å². The van der Waals surface area contributed by atoms with E-state index in [1.165, 1.54) is 0 Å². The van der Waals surface area contributed by atoms with Gasteiger partial charge in [0.1, 0.15) is 11.2 Å². The molecule has 0 radical (unpaired) electrons. The lowest BCUT2D eigenvalue weighted by atomic mass is 10.0. The van der Waals surface area contributed by atoms with Crippen molar-refractivity contribution >= 4 is 17.0 Å². The average Bonchev–Trinajstić information content (AvgIpc) is 2.26. The molecule has 2 heterocycles. The van der Waals surface area contributed by atoms with E-state index in [0.717, 1.165) is 0 Å². The highest BCUT2D eigenvalue weighted by molar-refractivity contribution is 5.94. The summed E-state index contributed by atoms with van der Waals surface area (Å²) < 4.78 is 0. The minimum absolute atomic E-state index is 0.192. The highest BCUT2D eigenvalue weighted by atomic mass is 16.4. The number of nitrogens with zero attached hydrogens (tertiary/aromatic N) is 1. The van der Waals surface area contributed by atoms with E-state index in [0.29, 0.717) is 23.0 Å². The van der Waals surface area contributed by atoms with Crippen molar-refractivity contribution < 1.29 is 9.90 Å². The minimum atomic E-state index is -1.20. The molecule has 2 aromatic rings. The number of rotatable bonds is 2. The number of carboxylic acid groups (broad SMARTS) is 1. The summed E-state index contributed by atoms with van der Waals surface area (Å²) in [6, 6.07) is 3.47. The summed E-state index contributed by atoms with van der Waals surface area (Å²) in [5.74, 6) is -1.20. The van der Waals surface area contributed by atoms with Crippen molar-refractivity contribution in [2.75, 3.05) is 0 Å². The summed E-state index contributed by atoms with van der Waals surface area (Å²) >= 11 is 0. The molecule has 0 aliphatic heterocycles. The third-order valence-corrected chi connectivity index (χ3v) is 2.46. The molecule has 0 aliphatic carbocycles. The fourth-order valence-corrected chi connectivity index (χ4v) is 1.78. The van der Waals surface area contributed by atoms with E-state index in [-0.39, 0.29) is 5.56 Å². The van der Waals surface area contributed by atoms with E-state index < -0.39 is 11.5 Å².